The molecule has 0 fully saturated rings. The lowest BCUT2D eigenvalue weighted by Gasteiger charge is -2.07. The zero-order chi connectivity index (χ0) is 19.4. The molecule has 0 saturated heterocycles. The molecule has 1 aliphatic rings. The molecule has 1 N–H and O–H groups in total. The maximum absolute atomic E-state index is 12.6. The highest BCUT2D eigenvalue weighted by atomic mass is 32.1. The van der Waals surface area contributed by atoms with Crippen molar-refractivity contribution in [2.45, 2.75) is 6.54 Å². The van der Waals surface area contributed by atoms with Gasteiger partial charge in [-0.15, -0.1) is 11.3 Å². The zero-order valence-corrected chi connectivity index (χ0v) is 16.1. The molecule has 140 valence electrons. The van der Waals surface area contributed by atoms with Gasteiger partial charge in [-0.25, -0.2) is 14.8 Å². The van der Waals surface area contributed by atoms with Crippen LogP contribution in [0.3, 0.4) is 0 Å². The molecule has 0 amide bonds. The van der Waals surface area contributed by atoms with Gasteiger partial charge in [0.2, 0.25) is 0 Å². The molecule has 2 aromatic carbocycles. The first-order valence-electron chi connectivity index (χ1n) is 9.39. The van der Waals surface area contributed by atoms with Crippen molar-refractivity contribution in [3.63, 3.8) is 0 Å². The van der Waals surface area contributed by atoms with E-state index in [4.69, 9.17) is 9.97 Å². The normalized spacial score (nSPS) is 13.0. The fourth-order valence-corrected chi connectivity index (χ4v) is 4.96. The van der Waals surface area contributed by atoms with Gasteiger partial charge in [0, 0.05) is 24.2 Å². The lowest BCUT2D eigenvalue weighted by Crippen LogP contribution is -2.20. The van der Waals surface area contributed by atoms with Gasteiger partial charge in [0.15, 0.2) is 5.82 Å². The first kappa shape index (κ1) is 16.4. The van der Waals surface area contributed by atoms with Crippen LogP contribution in [0.2, 0.25) is 0 Å². The van der Waals surface area contributed by atoms with E-state index in [2.05, 4.69) is 10.3 Å². The van der Waals surface area contributed by atoms with Crippen LogP contribution in [-0.2, 0) is 6.54 Å². The summed E-state index contributed by atoms with van der Waals surface area (Å²) in [5, 5.41) is 4.17. The van der Waals surface area contributed by atoms with E-state index in [1.165, 1.54) is 0 Å². The van der Waals surface area contributed by atoms with E-state index in [-0.39, 0.29) is 5.69 Å². The lowest BCUT2D eigenvalue weighted by atomic mass is 10.1. The number of fused-ring (bicyclic) bond motifs is 5. The van der Waals surface area contributed by atoms with Crippen molar-refractivity contribution in [2.24, 2.45) is 0 Å². The van der Waals surface area contributed by atoms with Gasteiger partial charge in [-0.1, -0.05) is 60.7 Å². The van der Waals surface area contributed by atoms with Gasteiger partial charge >= 0.3 is 5.69 Å². The summed E-state index contributed by atoms with van der Waals surface area (Å²) < 4.78 is 2.65. The minimum absolute atomic E-state index is 0.233. The average molecular weight is 397 g/mol. The maximum Gasteiger partial charge on any atom is 0.349 e. The lowest BCUT2D eigenvalue weighted by molar-refractivity contribution is 0.751. The molecule has 0 aliphatic carbocycles. The molecule has 0 saturated carbocycles. The highest BCUT2D eigenvalue weighted by Crippen LogP contribution is 2.41. The summed E-state index contributed by atoms with van der Waals surface area (Å²) in [6.45, 7) is 1.37. The van der Waals surface area contributed by atoms with Crippen molar-refractivity contribution in [3.8, 4) is 22.6 Å². The van der Waals surface area contributed by atoms with Crippen molar-refractivity contribution >= 4 is 37.6 Å². The second-order valence-electron chi connectivity index (χ2n) is 6.91. The molecular weight excluding hydrogens is 382 g/mol. The third-order valence-corrected chi connectivity index (χ3v) is 6.24. The fraction of sp³-hybridized carbons (Fsp3) is 0.0909. The fourth-order valence-electron chi connectivity index (χ4n) is 3.82. The Hall–Kier alpha value is -3.58. The summed E-state index contributed by atoms with van der Waals surface area (Å²) in [5.41, 5.74) is 3.18. The maximum atomic E-state index is 12.6. The van der Waals surface area contributed by atoms with E-state index in [9.17, 15) is 4.79 Å². The Morgan fingerprint density at radius 1 is 0.897 bits per heavy atom. The molecular formula is C22H15N5OS. The smallest absolute Gasteiger partial charge is 0.349 e. The van der Waals surface area contributed by atoms with Gasteiger partial charge in [0.25, 0.3) is 0 Å². The Morgan fingerprint density at radius 3 is 2.38 bits per heavy atom. The van der Waals surface area contributed by atoms with E-state index in [1.54, 1.807) is 15.9 Å². The molecule has 7 heteroatoms. The van der Waals surface area contributed by atoms with Crippen molar-refractivity contribution in [1.82, 2.24) is 19.5 Å². The van der Waals surface area contributed by atoms with Crippen LogP contribution < -0.4 is 11.0 Å². The van der Waals surface area contributed by atoms with Crippen molar-refractivity contribution in [3.05, 3.63) is 71.1 Å². The molecule has 29 heavy (non-hydrogen) atoms. The summed E-state index contributed by atoms with van der Waals surface area (Å²) in [5.74, 6) is 1.51. The number of nitrogens with zero attached hydrogens (tertiary/aromatic N) is 4. The summed E-state index contributed by atoms with van der Waals surface area (Å²) in [6.07, 6.45) is 0. The summed E-state index contributed by atoms with van der Waals surface area (Å²) >= 11 is 1.56. The van der Waals surface area contributed by atoms with Crippen LogP contribution in [0.25, 0.3) is 43.1 Å². The van der Waals surface area contributed by atoms with Crippen molar-refractivity contribution in [2.75, 3.05) is 11.9 Å². The molecule has 6 nitrogen and oxygen atoms in total. The molecule has 1 aliphatic heterocycles. The Bertz CT molecular complexity index is 1440. The summed E-state index contributed by atoms with van der Waals surface area (Å²) in [4.78, 5) is 27.6. The molecule has 0 radical (unpaired) electrons. The number of aromatic nitrogens is 4. The molecule has 0 spiro atoms. The van der Waals surface area contributed by atoms with Gasteiger partial charge in [-0.3, -0.25) is 4.57 Å². The molecule has 0 bridgehead atoms. The van der Waals surface area contributed by atoms with Gasteiger partial charge in [0.05, 0.1) is 15.8 Å². The average Bonchev–Trinajstić information content (AvgIpc) is 3.40. The number of hydrogen-bond donors (Lipinski definition) is 1. The van der Waals surface area contributed by atoms with Gasteiger partial charge < -0.3 is 5.32 Å². The van der Waals surface area contributed by atoms with E-state index >= 15 is 0 Å². The van der Waals surface area contributed by atoms with Crippen molar-refractivity contribution in [1.29, 1.82) is 0 Å². The van der Waals surface area contributed by atoms with E-state index < -0.39 is 0 Å². The highest BCUT2D eigenvalue weighted by molar-refractivity contribution is 7.26. The third-order valence-electron chi connectivity index (χ3n) is 5.16. The predicted octanol–water partition coefficient (Wildman–Crippen LogP) is 4.16. The summed E-state index contributed by atoms with van der Waals surface area (Å²) in [6, 6.07) is 20.0. The van der Waals surface area contributed by atoms with Crippen LogP contribution >= 0.6 is 11.3 Å². The Labute approximate surface area is 169 Å². The predicted molar refractivity (Wildman–Crippen MR) is 116 cm³/mol. The zero-order valence-electron chi connectivity index (χ0n) is 15.3. The van der Waals surface area contributed by atoms with E-state index in [1.807, 2.05) is 60.7 Å². The monoisotopic (exact) mass is 397 g/mol. The van der Waals surface area contributed by atoms with Gasteiger partial charge in [-0.2, -0.15) is 4.98 Å². The topological polar surface area (TPSA) is 72.7 Å². The highest BCUT2D eigenvalue weighted by Gasteiger charge is 2.23. The number of benzene rings is 2. The first-order valence-corrected chi connectivity index (χ1v) is 10.2. The standard InChI is InChI=1S/C22H15N5OS/c28-22-25-17-15-16(13-7-3-1-4-8-13)24-19(14-9-5-2-6-10-14)26-21(15)29-18(17)20-23-11-12-27(20)22/h1-10,23H,11-12H2. The van der Waals surface area contributed by atoms with Crippen molar-refractivity contribution < 1.29 is 0 Å². The number of rotatable bonds is 2. The van der Waals surface area contributed by atoms with Gasteiger partial charge in [-0.05, 0) is 0 Å². The minimum Gasteiger partial charge on any atom is -0.368 e. The minimum atomic E-state index is -0.233. The number of hydrogen-bond acceptors (Lipinski definition) is 6. The van der Waals surface area contributed by atoms with Crippen LogP contribution in [0.1, 0.15) is 0 Å². The van der Waals surface area contributed by atoms with Crippen LogP contribution in [0.4, 0.5) is 5.82 Å². The molecule has 5 aromatic rings. The molecule has 3 aromatic heterocycles. The first-order chi connectivity index (χ1) is 14.3. The van der Waals surface area contributed by atoms with Crippen LogP contribution in [0, 0.1) is 0 Å². The van der Waals surface area contributed by atoms with E-state index in [0.29, 0.717) is 17.9 Å². The van der Waals surface area contributed by atoms with E-state index in [0.717, 1.165) is 44.1 Å². The number of nitrogens with one attached hydrogen (secondary N) is 1. The Kier molecular flexibility index (Phi) is 3.51. The number of thiophene rings is 1. The SMILES string of the molecule is O=c1nc2c(sc3nc(-c4ccccc4)nc(-c4ccccc4)c32)c2n1CCN2. The molecule has 0 unspecified atom stereocenters. The number of anilines is 1. The second-order valence-corrected chi connectivity index (χ2v) is 7.91. The molecule has 0 atom stereocenters. The Balaban J connectivity index is 1.76. The van der Waals surface area contributed by atoms with Crippen LogP contribution in [0.15, 0.2) is 65.5 Å². The summed E-state index contributed by atoms with van der Waals surface area (Å²) in [7, 11) is 0. The van der Waals surface area contributed by atoms with Gasteiger partial charge in [0.1, 0.15) is 16.2 Å². The van der Waals surface area contributed by atoms with Crippen LogP contribution in [-0.4, -0.2) is 26.1 Å². The van der Waals surface area contributed by atoms with Crippen LogP contribution in [0.5, 0.6) is 0 Å². The molecule has 4 heterocycles. The quantitative estimate of drug-likeness (QED) is 0.484. The molecule has 6 rings (SSSR count). The second kappa shape index (κ2) is 6.22. The largest absolute Gasteiger partial charge is 0.368 e. The Morgan fingerprint density at radius 2 is 1.62 bits per heavy atom. The third kappa shape index (κ3) is 2.48.